The van der Waals surface area contributed by atoms with Crippen molar-refractivity contribution in [3.05, 3.63) is 32.7 Å². The van der Waals surface area contributed by atoms with Gasteiger partial charge < -0.3 is 10.1 Å². The third kappa shape index (κ3) is 4.56. The van der Waals surface area contributed by atoms with Crippen LogP contribution in [-0.4, -0.2) is 50.2 Å². The van der Waals surface area contributed by atoms with E-state index in [1.165, 1.54) is 0 Å². The van der Waals surface area contributed by atoms with Crippen LogP contribution >= 0.6 is 31.9 Å². The summed E-state index contributed by atoms with van der Waals surface area (Å²) in [5, 5.41) is 2.94. The average molecular weight is 392 g/mol. The summed E-state index contributed by atoms with van der Waals surface area (Å²) in [7, 11) is 0. The predicted molar refractivity (Wildman–Crippen MR) is 81.4 cm³/mol. The molecule has 19 heavy (non-hydrogen) atoms. The standard InChI is InChI=1S/C13H16Br2N2O2/c14-10-1-2-12(15)11(9-10)13(18)16-3-4-17-5-7-19-8-6-17/h1-2,9H,3-8H2,(H,16,18). The summed E-state index contributed by atoms with van der Waals surface area (Å²) in [4.78, 5) is 14.3. The highest BCUT2D eigenvalue weighted by Crippen LogP contribution is 2.21. The molecule has 0 bridgehead atoms. The Hall–Kier alpha value is -0.430. The molecule has 0 saturated carbocycles. The van der Waals surface area contributed by atoms with Crippen LogP contribution in [0.3, 0.4) is 0 Å². The number of hydrogen-bond acceptors (Lipinski definition) is 3. The first-order valence-corrected chi connectivity index (χ1v) is 7.79. The lowest BCUT2D eigenvalue weighted by molar-refractivity contribution is 0.0383. The van der Waals surface area contributed by atoms with Gasteiger partial charge in [0.2, 0.25) is 0 Å². The molecule has 1 heterocycles. The fourth-order valence-electron chi connectivity index (χ4n) is 1.92. The zero-order valence-corrected chi connectivity index (χ0v) is 13.7. The third-order valence-electron chi connectivity index (χ3n) is 2.99. The summed E-state index contributed by atoms with van der Waals surface area (Å²) >= 11 is 6.76. The molecule has 2 rings (SSSR count). The van der Waals surface area contributed by atoms with Crippen molar-refractivity contribution in [2.45, 2.75) is 0 Å². The summed E-state index contributed by atoms with van der Waals surface area (Å²) in [6.45, 7) is 4.96. The van der Waals surface area contributed by atoms with Crippen molar-refractivity contribution in [1.82, 2.24) is 10.2 Å². The summed E-state index contributed by atoms with van der Waals surface area (Å²) in [5.74, 6) is -0.0542. The lowest BCUT2D eigenvalue weighted by atomic mass is 10.2. The van der Waals surface area contributed by atoms with E-state index >= 15 is 0 Å². The number of amides is 1. The molecular weight excluding hydrogens is 376 g/mol. The number of halogens is 2. The van der Waals surface area contributed by atoms with E-state index in [-0.39, 0.29) is 5.91 Å². The Balaban J connectivity index is 1.82. The molecule has 1 aromatic carbocycles. The average Bonchev–Trinajstić information content (AvgIpc) is 2.42. The number of hydrogen-bond donors (Lipinski definition) is 1. The Morgan fingerprint density at radius 3 is 2.79 bits per heavy atom. The number of nitrogens with zero attached hydrogens (tertiary/aromatic N) is 1. The molecular formula is C13H16Br2N2O2. The highest BCUT2D eigenvalue weighted by atomic mass is 79.9. The first kappa shape index (κ1) is 15.0. The minimum atomic E-state index is -0.0542. The van der Waals surface area contributed by atoms with Crippen LogP contribution in [0, 0.1) is 0 Å². The lowest BCUT2D eigenvalue weighted by Gasteiger charge is -2.26. The van der Waals surface area contributed by atoms with E-state index in [1.54, 1.807) is 0 Å². The van der Waals surface area contributed by atoms with Gasteiger partial charge in [-0.2, -0.15) is 0 Å². The number of carbonyl (C=O) groups is 1. The second kappa shape index (κ2) is 7.38. The second-order valence-corrected chi connectivity index (χ2v) is 6.10. The van der Waals surface area contributed by atoms with Crippen molar-refractivity contribution in [3.8, 4) is 0 Å². The molecule has 0 spiro atoms. The molecule has 4 nitrogen and oxygen atoms in total. The highest BCUT2D eigenvalue weighted by molar-refractivity contribution is 9.11. The number of morpholine rings is 1. The van der Waals surface area contributed by atoms with Gasteiger partial charge in [0.1, 0.15) is 0 Å². The SMILES string of the molecule is O=C(NCCN1CCOCC1)c1cc(Br)ccc1Br. The largest absolute Gasteiger partial charge is 0.379 e. The van der Waals surface area contributed by atoms with Crippen LogP contribution in [0.25, 0.3) is 0 Å². The van der Waals surface area contributed by atoms with Crippen LogP contribution in [-0.2, 0) is 4.74 Å². The molecule has 1 N–H and O–H groups in total. The zero-order chi connectivity index (χ0) is 13.7. The maximum absolute atomic E-state index is 12.1. The van der Waals surface area contributed by atoms with Gasteiger partial charge in [-0.1, -0.05) is 15.9 Å². The van der Waals surface area contributed by atoms with Gasteiger partial charge in [0.05, 0.1) is 18.8 Å². The Kier molecular flexibility index (Phi) is 5.81. The molecule has 1 aliphatic heterocycles. The first-order valence-electron chi connectivity index (χ1n) is 6.20. The minimum Gasteiger partial charge on any atom is -0.379 e. The van der Waals surface area contributed by atoms with Gasteiger partial charge in [-0.05, 0) is 34.1 Å². The van der Waals surface area contributed by atoms with E-state index in [1.807, 2.05) is 18.2 Å². The number of rotatable bonds is 4. The van der Waals surface area contributed by atoms with Crippen molar-refractivity contribution in [2.75, 3.05) is 39.4 Å². The summed E-state index contributed by atoms with van der Waals surface area (Å²) in [6, 6.07) is 5.57. The number of carbonyl (C=O) groups excluding carboxylic acids is 1. The molecule has 0 unspecified atom stereocenters. The molecule has 104 valence electrons. The zero-order valence-electron chi connectivity index (χ0n) is 10.5. The van der Waals surface area contributed by atoms with E-state index in [4.69, 9.17) is 4.74 Å². The van der Waals surface area contributed by atoms with Gasteiger partial charge in [-0.25, -0.2) is 0 Å². The first-order chi connectivity index (χ1) is 9.16. The predicted octanol–water partition coefficient (Wildman–Crippen LogP) is 2.27. The van der Waals surface area contributed by atoms with Crippen molar-refractivity contribution < 1.29 is 9.53 Å². The van der Waals surface area contributed by atoms with Gasteiger partial charge in [-0.3, -0.25) is 9.69 Å². The summed E-state index contributed by atoms with van der Waals surface area (Å²) in [5.41, 5.74) is 0.649. The molecule has 1 aliphatic rings. The molecule has 1 saturated heterocycles. The highest BCUT2D eigenvalue weighted by Gasteiger charge is 2.12. The van der Waals surface area contributed by atoms with Crippen molar-refractivity contribution in [1.29, 1.82) is 0 Å². The van der Waals surface area contributed by atoms with Gasteiger partial charge in [0.15, 0.2) is 0 Å². The summed E-state index contributed by atoms with van der Waals surface area (Å²) in [6.07, 6.45) is 0. The molecule has 6 heteroatoms. The maximum Gasteiger partial charge on any atom is 0.252 e. The normalized spacial score (nSPS) is 16.3. The Labute approximate surface area is 129 Å². The van der Waals surface area contributed by atoms with Gasteiger partial charge in [0.25, 0.3) is 5.91 Å². The van der Waals surface area contributed by atoms with Crippen molar-refractivity contribution >= 4 is 37.8 Å². The number of nitrogens with one attached hydrogen (secondary N) is 1. The van der Waals surface area contributed by atoms with E-state index in [0.29, 0.717) is 12.1 Å². The summed E-state index contributed by atoms with van der Waals surface area (Å²) < 4.78 is 6.99. The van der Waals surface area contributed by atoms with Crippen LogP contribution in [0.1, 0.15) is 10.4 Å². The van der Waals surface area contributed by atoms with Gasteiger partial charge >= 0.3 is 0 Å². The van der Waals surface area contributed by atoms with Crippen LogP contribution < -0.4 is 5.32 Å². The minimum absolute atomic E-state index is 0.0542. The Morgan fingerprint density at radius 1 is 1.32 bits per heavy atom. The molecule has 0 aliphatic carbocycles. The van der Waals surface area contributed by atoms with Crippen LogP contribution in [0.2, 0.25) is 0 Å². The molecule has 1 aromatic rings. The van der Waals surface area contributed by atoms with Crippen LogP contribution in [0.15, 0.2) is 27.1 Å². The smallest absolute Gasteiger partial charge is 0.252 e. The topological polar surface area (TPSA) is 41.6 Å². The second-order valence-electron chi connectivity index (χ2n) is 4.33. The third-order valence-corrected chi connectivity index (χ3v) is 4.18. The van der Waals surface area contributed by atoms with E-state index < -0.39 is 0 Å². The van der Waals surface area contributed by atoms with E-state index in [0.717, 1.165) is 41.8 Å². The molecule has 1 fully saturated rings. The van der Waals surface area contributed by atoms with E-state index in [2.05, 4.69) is 42.1 Å². The fourth-order valence-corrected chi connectivity index (χ4v) is 2.71. The number of benzene rings is 1. The van der Waals surface area contributed by atoms with Gasteiger partial charge in [0, 0.05) is 35.1 Å². The molecule has 0 radical (unpaired) electrons. The number of ether oxygens (including phenoxy) is 1. The molecule has 0 atom stereocenters. The Morgan fingerprint density at radius 2 is 2.05 bits per heavy atom. The van der Waals surface area contributed by atoms with E-state index in [9.17, 15) is 4.79 Å². The maximum atomic E-state index is 12.1. The van der Waals surface area contributed by atoms with Crippen LogP contribution in [0.4, 0.5) is 0 Å². The molecule has 1 amide bonds. The van der Waals surface area contributed by atoms with Crippen molar-refractivity contribution in [2.24, 2.45) is 0 Å². The lowest BCUT2D eigenvalue weighted by Crippen LogP contribution is -2.41. The quantitative estimate of drug-likeness (QED) is 0.855. The Bertz CT molecular complexity index is 448. The van der Waals surface area contributed by atoms with Gasteiger partial charge in [-0.15, -0.1) is 0 Å². The molecule has 0 aromatic heterocycles. The monoisotopic (exact) mass is 390 g/mol. The fraction of sp³-hybridized carbons (Fsp3) is 0.462. The van der Waals surface area contributed by atoms with Crippen LogP contribution in [0.5, 0.6) is 0 Å². The van der Waals surface area contributed by atoms with Crippen molar-refractivity contribution in [3.63, 3.8) is 0 Å².